The summed E-state index contributed by atoms with van der Waals surface area (Å²) >= 11 is 0. The van der Waals surface area contributed by atoms with Crippen molar-refractivity contribution in [3.8, 4) is 5.75 Å². The summed E-state index contributed by atoms with van der Waals surface area (Å²) in [6.45, 7) is 2.69. The van der Waals surface area contributed by atoms with Gasteiger partial charge < -0.3 is 4.74 Å². The van der Waals surface area contributed by atoms with Crippen molar-refractivity contribution < 1.29 is 13.2 Å². The van der Waals surface area contributed by atoms with Crippen LogP contribution < -0.4 is 4.74 Å². The van der Waals surface area contributed by atoms with Crippen LogP contribution in [0.5, 0.6) is 5.75 Å². The number of sulfonamides is 1. The fourth-order valence-electron chi connectivity index (χ4n) is 2.94. The molecule has 1 atom stereocenters. The van der Waals surface area contributed by atoms with E-state index in [1.54, 1.807) is 14.0 Å². The van der Waals surface area contributed by atoms with Crippen LogP contribution in [0.2, 0.25) is 0 Å². The average Bonchev–Trinajstić information content (AvgIpc) is 3.16. The summed E-state index contributed by atoms with van der Waals surface area (Å²) in [5.41, 5.74) is 1.63. The molecular weight excluding hydrogens is 302 g/mol. The first kappa shape index (κ1) is 15.1. The molecule has 0 spiro atoms. The van der Waals surface area contributed by atoms with Crippen LogP contribution in [0.3, 0.4) is 0 Å². The Morgan fingerprint density at radius 1 is 1.36 bits per heavy atom. The summed E-state index contributed by atoms with van der Waals surface area (Å²) in [4.78, 5) is 0.258. The molecule has 0 bridgehead atoms. The Morgan fingerprint density at radius 3 is 2.82 bits per heavy atom. The Morgan fingerprint density at radius 2 is 2.14 bits per heavy atom. The smallest absolute Gasteiger partial charge is 0.246 e. The number of aryl methyl sites for hydroxylation is 1. The summed E-state index contributed by atoms with van der Waals surface area (Å²) in [5, 5.41) is 6.50. The number of aromatic nitrogens is 2. The predicted octanol–water partition coefficient (Wildman–Crippen LogP) is 1.90. The third-order valence-electron chi connectivity index (χ3n) is 4.13. The minimum absolute atomic E-state index is 0.151. The Balaban J connectivity index is 1.85. The van der Waals surface area contributed by atoms with Gasteiger partial charge in [0.25, 0.3) is 0 Å². The van der Waals surface area contributed by atoms with Crippen LogP contribution in [0.25, 0.3) is 0 Å². The number of rotatable bonds is 4. The van der Waals surface area contributed by atoms with E-state index in [0.29, 0.717) is 18.8 Å². The first-order chi connectivity index (χ1) is 10.5. The molecule has 0 radical (unpaired) electrons. The van der Waals surface area contributed by atoms with Crippen LogP contribution in [0.4, 0.5) is 0 Å². The molecule has 2 heterocycles. The van der Waals surface area contributed by atoms with E-state index in [1.807, 2.05) is 24.3 Å². The van der Waals surface area contributed by atoms with Gasteiger partial charge in [0.15, 0.2) is 0 Å². The second-order valence-corrected chi connectivity index (χ2v) is 7.36. The molecule has 0 aliphatic carbocycles. The second kappa shape index (κ2) is 5.73. The van der Waals surface area contributed by atoms with E-state index in [2.05, 4.69) is 10.2 Å². The predicted molar refractivity (Wildman–Crippen MR) is 82.4 cm³/mol. The van der Waals surface area contributed by atoms with Gasteiger partial charge in [-0.15, -0.1) is 0 Å². The molecule has 0 saturated carbocycles. The van der Waals surface area contributed by atoms with Gasteiger partial charge in [0.1, 0.15) is 10.6 Å². The summed E-state index contributed by atoms with van der Waals surface area (Å²) in [6, 6.07) is 7.78. The highest BCUT2D eigenvalue weighted by Gasteiger charge is 2.35. The standard InChI is InChI=1S/C15H19N3O3S/c1-11-15(9-16-17-11)22(19,20)18-8-7-12(10-18)13-5-3-4-6-14(13)21-2/h3-6,9,12H,7-8,10H2,1-2H3,(H,16,17). The molecule has 6 nitrogen and oxygen atoms in total. The van der Waals surface area contributed by atoms with Gasteiger partial charge in [-0.1, -0.05) is 18.2 Å². The quantitative estimate of drug-likeness (QED) is 0.933. The molecule has 0 amide bonds. The molecule has 1 aromatic carbocycles. The van der Waals surface area contributed by atoms with Gasteiger partial charge >= 0.3 is 0 Å². The highest BCUT2D eigenvalue weighted by Crippen LogP contribution is 2.35. The van der Waals surface area contributed by atoms with Crippen LogP contribution >= 0.6 is 0 Å². The van der Waals surface area contributed by atoms with E-state index in [9.17, 15) is 8.42 Å². The van der Waals surface area contributed by atoms with Crippen molar-refractivity contribution in [2.24, 2.45) is 0 Å². The maximum atomic E-state index is 12.7. The lowest BCUT2D eigenvalue weighted by atomic mass is 9.97. The third kappa shape index (κ3) is 2.50. The summed E-state index contributed by atoms with van der Waals surface area (Å²) in [7, 11) is -1.85. The number of nitrogens with zero attached hydrogens (tertiary/aromatic N) is 2. The molecule has 1 fully saturated rings. The van der Waals surface area contributed by atoms with Crippen molar-refractivity contribution in [1.29, 1.82) is 0 Å². The minimum Gasteiger partial charge on any atom is -0.496 e. The van der Waals surface area contributed by atoms with Crippen LogP contribution in [0, 0.1) is 6.92 Å². The monoisotopic (exact) mass is 321 g/mol. The lowest BCUT2D eigenvalue weighted by Gasteiger charge is -2.17. The van der Waals surface area contributed by atoms with Crippen LogP contribution in [0.1, 0.15) is 23.6 Å². The SMILES string of the molecule is COc1ccccc1C1CCN(S(=O)(=O)c2cn[nH]c2C)C1. The second-order valence-electron chi connectivity index (χ2n) is 5.45. The molecule has 1 unspecified atom stereocenters. The van der Waals surface area contributed by atoms with E-state index in [0.717, 1.165) is 17.7 Å². The van der Waals surface area contributed by atoms with Crippen LogP contribution in [0.15, 0.2) is 35.4 Å². The normalized spacial score (nSPS) is 19.5. The Bertz CT molecular complexity index is 770. The molecular formula is C15H19N3O3S. The number of aromatic amines is 1. The molecule has 2 aromatic rings. The van der Waals surface area contributed by atoms with Crippen LogP contribution in [-0.4, -0.2) is 43.1 Å². The molecule has 118 valence electrons. The Labute approximate surface area is 130 Å². The molecule has 1 N–H and O–H groups in total. The lowest BCUT2D eigenvalue weighted by Crippen LogP contribution is -2.29. The van der Waals surface area contributed by atoms with E-state index in [-0.39, 0.29) is 10.8 Å². The minimum atomic E-state index is -3.49. The van der Waals surface area contributed by atoms with Crippen molar-refractivity contribution in [3.05, 3.63) is 41.7 Å². The van der Waals surface area contributed by atoms with Gasteiger partial charge in [0.2, 0.25) is 10.0 Å². The van der Waals surface area contributed by atoms with Crippen molar-refractivity contribution in [3.63, 3.8) is 0 Å². The number of nitrogens with one attached hydrogen (secondary N) is 1. The number of ether oxygens (including phenoxy) is 1. The highest BCUT2D eigenvalue weighted by atomic mass is 32.2. The third-order valence-corrected chi connectivity index (χ3v) is 6.11. The number of para-hydroxylation sites is 1. The first-order valence-corrected chi connectivity index (χ1v) is 8.61. The first-order valence-electron chi connectivity index (χ1n) is 7.17. The maximum absolute atomic E-state index is 12.7. The van der Waals surface area contributed by atoms with Crippen LogP contribution in [-0.2, 0) is 10.0 Å². The number of H-pyrrole nitrogens is 1. The zero-order valence-electron chi connectivity index (χ0n) is 12.6. The van der Waals surface area contributed by atoms with Gasteiger partial charge in [-0.3, -0.25) is 5.10 Å². The van der Waals surface area contributed by atoms with E-state index < -0.39 is 10.0 Å². The van der Waals surface area contributed by atoms with Crippen molar-refractivity contribution in [2.45, 2.75) is 24.2 Å². The summed E-state index contributed by atoms with van der Waals surface area (Å²) < 4.78 is 32.3. The number of benzene rings is 1. The van der Waals surface area contributed by atoms with Gasteiger partial charge in [-0.2, -0.15) is 9.40 Å². The molecule has 3 rings (SSSR count). The summed E-state index contributed by atoms with van der Waals surface area (Å²) in [5.74, 6) is 0.962. The topological polar surface area (TPSA) is 75.3 Å². The molecule has 22 heavy (non-hydrogen) atoms. The fraction of sp³-hybridized carbons (Fsp3) is 0.400. The zero-order chi connectivity index (χ0) is 15.7. The van der Waals surface area contributed by atoms with Gasteiger partial charge in [0.05, 0.1) is 19.0 Å². The Kier molecular flexibility index (Phi) is 3.92. The fourth-order valence-corrected chi connectivity index (χ4v) is 4.56. The number of hydrogen-bond acceptors (Lipinski definition) is 4. The van der Waals surface area contributed by atoms with Crippen molar-refractivity contribution in [1.82, 2.24) is 14.5 Å². The van der Waals surface area contributed by atoms with Gasteiger partial charge in [-0.05, 0) is 25.0 Å². The average molecular weight is 321 g/mol. The van der Waals surface area contributed by atoms with E-state index >= 15 is 0 Å². The van der Waals surface area contributed by atoms with E-state index in [1.165, 1.54) is 10.5 Å². The highest BCUT2D eigenvalue weighted by molar-refractivity contribution is 7.89. The van der Waals surface area contributed by atoms with Crippen molar-refractivity contribution >= 4 is 10.0 Å². The van der Waals surface area contributed by atoms with Crippen molar-refractivity contribution in [2.75, 3.05) is 20.2 Å². The van der Waals surface area contributed by atoms with E-state index in [4.69, 9.17) is 4.74 Å². The summed E-state index contributed by atoms with van der Waals surface area (Å²) in [6.07, 6.45) is 2.16. The zero-order valence-corrected chi connectivity index (χ0v) is 13.4. The maximum Gasteiger partial charge on any atom is 0.246 e. The Hall–Kier alpha value is -1.86. The molecule has 1 aliphatic rings. The number of hydrogen-bond donors (Lipinski definition) is 1. The molecule has 1 aliphatic heterocycles. The molecule has 7 heteroatoms. The lowest BCUT2D eigenvalue weighted by molar-refractivity contribution is 0.405. The van der Waals surface area contributed by atoms with Gasteiger partial charge in [-0.25, -0.2) is 8.42 Å². The van der Waals surface area contributed by atoms with Gasteiger partial charge in [0, 0.05) is 19.0 Å². The number of methoxy groups -OCH3 is 1. The molecule has 1 aromatic heterocycles. The molecule has 1 saturated heterocycles. The largest absolute Gasteiger partial charge is 0.496 e.